The van der Waals surface area contributed by atoms with Crippen molar-refractivity contribution in [3.8, 4) is 0 Å². The first-order valence-electron chi connectivity index (χ1n) is 39.0. The molecule has 16 aromatic carbocycles. The van der Waals surface area contributed by atoms with E-state index < -0.39 is 28.6 Å². The number of benzene rings is 16. The first-order chi connectivity index (χ1) is 60.8. The Morgan fingerprint density at radius 1 is 0.129 bits per heavy atom. The molecule has 0 atom stereocenters. The van der Waals surface area contributed by atoms with E-state index in [1.54, 1.807) is 0 Å². The lowest BCUT2D eigenvalue weighted by Crippen LogP contribution is -2.24. The molecule has 0 N–H and O–H groups in total. The lowest BCUT2D eigenvalue weighted by Gasteiger charge is -2.19. The quantitative estimate of drug-likeness (QED) is 0.0694. The van der Waals surface area contributed by atoms with Gasteiger partial charge >= 0.3 is 0 Å². The third-order valence-corrected chi connectivity index (χ3v) is 29.5. The van der Waals surface area contributed by atoms with Gasteiger partial charge in [0.2, 0.25) is 0 Å². The van der Waals surface area contributed by atoms with Crippen LogP contribution in [-0.2, 0) is 18.3 Å². The van der Waals surface area contributed by atoms with Crippen molar-refractivity contribution < 1.29 is 35.8 Å². The van der Waals surface area contributed by atoms with Gasteiger partial charge in [0.1, 0.15) is 0 Å². The van der Waals surface area contributed by atoms with E-state index in [1.807, 2.05) is 437 Å². The molecule has 0 aliphatic rings. The van der Waals surface area contributed by atoms with Gasteiger partial charge in [-0.1, -0.05) is 508 Å². The van der Waals surface area contributed by atoms with E-state index >= 15 is 0 Å². The maximum atomic E-state index is 13.8. The zero-order valence-electron chi connectivity index (χ0n) is 72.6. The van der Waals surface area contributed by atoms with Crippen LogP contribution in [0, 0.1) is 27.7 Å². The molecule has 0 unspecified atom stereocenters. The van der Waals surface area contributed by atoms with E-state index in [0.29, 0.717) is 28.7 Å². The highest BCUT2D eigenvalue weighted by Gasteiger charge is 2.32. The minimum atomic E-state index is -2.78. The molecule has 0 saturated carbocycles. The van der Waals surface area contributed by atoms with E-state index in [4.69, 9.17) is 0 Å². The monoisotopic (exact) mass is 1820 g/mol. The molecule has 0 spiro atoms. The van der Waals surface area contributed by atoms with E-state index in [-0.39, 0.29) is 0 Å². The second-order valence-corrected chi connectivity index (χ2v) is 36.2. The molecule has 0 saturated heterocycles. The molecule has 0 aliphatic heterocycles. The third kappa shape index (κ3) is 37.8. The van der Waals surface area contributed by atoms with Crippen molar-refractivity contribution in [1.82, 2.24) is 0 Å². The summed E-state index contributed by atoms with van der Waals surface area (Å²) in [7, 11) is -9.11. The van der Waals surface area contributed by atoms with Crippen LogP contribution in [0.25, 0.3) is 0 Å². The van der Waals surface area contributed by atoms with Gasteiger partial charge in [-0.05, 0) is 27.7 Å². The van der Waals surface area contributed by atoms with Crippen molar-refractivity contribution in [2.75, 3.05) is 54.2 Å². The van der Waals surface area contributed by atoms with Gasteiger partial charge in [0.15, 0.2) is 28.6 Å². The van der Waals surface area contributed by atoms with Gasteiger partial charge in [-0.25, -0.2) is 0 Å². The predicted octanol–water partition coefficient (Wildman–Crippen LogP) is 27.0. The second-order valence-electron chi connectivity index (χ2n) is 25.1. The molecule has 16 aromatic rings. The first kappa shape index (κ1) is 111. The number of hydrogen-bond acceptors (Lipinski definition) is 4. The minimum Gasteiger partial charge on any atom is -0.309 e. The molecule has 124 heavy (non-hydrogen) atoms. The van der Waals surface area contributed by atoms with E-state index in [2.05, 4.69) is 123 Å². The van der Waals surface area contributed by atoms with Crippen molar-refractivity contribution in [3.05, 3.63) is 508 Å². The fourth-order valence-electron chi connectivity index (χ4n) is 11.6. The smallest absolute Gasteiger partial charge is 0.171 e. The Balaban J connectivity index is 0.000000714. The van der Waals surface area contributed by atoms with Crippen LogP contribution >= 0.6 is 75.0 Å². The molecule has 0 bridgehead atoms. The second kappa shape index (κ2) is 69.7. The molecule has 0 radical (unpaired) electrons. The molecule has 0 amide bonds. The van der Waals surface area contributed by atoms with E-state index in [1.165, 1.54) is 47.8 Å². The summed E-state index contributed by atoms with van der Waals surface area (Å²) in [5.74, 6) is 0. The number of aryl methyl sites for hydroxylation is 4. The van der Waals surface area contributed by atoms with Gasteiger partial charge in [-0.2, -0.15) is 0 Å². The van der Waals surface area contributed by atoms with Crippen LogP contribution in [0.1, 0.15) is 22.3 Å². The third-order valence-electron chi connectivity index (χ3n) is 17.2. The Morgan fingerprint density at radius 2 is 0.185 bits per heavy atom. The summed E-state index contributed by atoms with van der Waals surface area (Å²) in [5.41, 5.74) is 5.29. The molecule has 648 valence electrons. The number of hydrogen-bond donors (Lipinski definition) is 0. The molecule has 4 nitrogen and oxygen atoms in total. The number of halogens is 8. The highest BCUT2D eigenvalue weighted by molar-refractivity contribution is 7.86. The average Bonchev–Trinajstić information content (AvgIpc) is 0.791. The van der Waals surface area contributed by atoms with Crippen LogP contribution < -0.4 is 63.7 Å². The molecule has 0 aliphatic carbocycles. The summed E-state index contributed by atoms with van der Waals surface area (Å²) >= 11 is 18.6. The summed E-state index contributed by atoms with van der Waals surface area (Å²) in [6.45, 7) is 8.33. The fourth-order valence-corrected chi connectivity index (χ4v) is 22.3. The Labute approximate surface area is 758 Å². The predicted molar refractivity (Wildman–Crippen MR) is 543 cm³/mol. The summed E-state index contributed by atoms with van der Waals surface area (Å²) in [6, 6.07) is 158. The standard InChI is InChI=1S/4C18H15OP.4C7H8.4CH3Cl.4CH3F/c4*19-20(16-10-4-1-5-11-16,17-12-6-2-7-13-17)18-14-8-3-9-15-18;4*1-7-5-3-2-4-6-7;8*1-2/h4*1-15H;4*2-6H,1H3;8*1H3. The Morgan fingerprint density at radius 3 is 0.234 bits per heavy atom. The number of alkyl halides is 8. The molecular formula is C108H116Cl4F4O4P4. The lowest BCUT2D eigenvalue weighted by molar-refractivity contribution is 0.591. The van der Waals surface area contributed by atoms with Gasteiger partial charge < -0.3 is 18.3 Å². The van der Waals surface area contributed by atoms with Gasteiger partial charge in [-0.3, -0.25) is 17.6 Å². The molecule has 16 heteroatoms. The molecule has 16 rings (SSSR count). The van der Waals surface area contributed by atoms with Gasteiger partial charge in [0.05, 0.1) is 28.7 Å². The van der Waals surface area contributed by atoms with Crippen LogP contribution in [0.5, 0.6) is 0 Å². The topological polar surface area (TPSA) is 68.3 Å². The molecular weight excluding hydrogens is 1700 g/mol. The van der Waals surface area contributed by atoms with Crippen molar-refractivity contribution in [3.63, 3.8) is 0 Å². The van der Waals surface area contributed by atoms with E-state index in [0.717, 1.165) is 63.7 Å². The van der Waals surface area contributed by atoms with Gasteiger partial charge in [-0.15, -0.1) is 46.4 Å². The Kier molecular flexibility index (Phi) is 62.6. The zero-order valence-corrected chi connectivity index (χ0v) is 79.2. The molecule has 0 heterocycles. The molecule has 0 fully saturated rings. The first-order valence-corrected chi connectivity index (χ1v) is 48.9. The van der Waals surface area contributed by atoms with Crippen molar-refractivity contribution in [2.45, 2.75) is 27.7 Å². The fraction of sp³-hybridized carbons (Fsp3) is 0.111. The summed E-state index contributed by atoms with van der Waals surface area (Å²) in [5, 5.41) is 10.5. The van der Waals surface area contributed by atoms with Gasteiger partial charge in [0.25, 0.3) is 0 Å². The van der Waals surface area contributed by atoms with Crippen molar-refractivity contribution in [1.29, 1.82) is 0 Å². The maximum Gasteiger partial charge on any atom is 0.171 e. The van der Waals surface area contributed by atoms with Crippen LogP contribution in [0.3, 0.4) is 0 Å². The largest absolute Gasteiger partial charge is 0.309 e. The molecule has 0 aromatic heterocycles. The van der Waals surface area contributed by atoms with Crippen LogP contribution in [0.4, 0.5) is 17.6 Å². The van der Waals surface area contributed by atoms with Gasteiger partial charge in [0, 0.05) is 89.2 Å². The highest BCUT2D eigenvalue weighted by Crippen LogP contribution is 2.45. The average molecular weight is 1820 g/mol. The highest BCUT2D eigenvalue weighted by atomic mass is 35.5. The summed E-state index contributed by atoms with van der Waals surface area (Å²) in [4.78, 5) is 0. The van der Waals surface area contributed by atoms with Crippen LogP contribution in [0.15, 0.2) is 485 Å². The summed E-state index contributed by atoms with van der Waals surface area (Å²) in [6.07, 6.45) is 5.89. The SMILES string of the molecule is CCl.CCl.CCl.CCl.CF.CF.CF.CF.Cc1ccccc1.Cc1ccccc1.Cc1ccccc1.Cc1ccccc1.O=P(c1ccccc1)(c1ccccc1)c1ccccc1.O=P(c1ccccc1)(c1ccccc1)c1ccccc1.O=P(c1ccccc1)(c1ccccc1)c1ccccc1.O=P(c1ccccc1)(c1ccccc1)c1ccccc1. The zero-order chi connectivity index (χ0) is 91.8. The maximum absolute atomic E-state index is 13.8. The van der Waals surface area contributed by atoms with Crippen molar-refractivity contribution in [2.24, 2.45) is 0 Å². The van der Waals surface area contributed by atoms with E-state index in [9.17, 15) is 35.8 Å². The van der Waals surface area contributed by atoms with Crippen LogP contribution in [0.2, 0.25) is 0 Å². The summed E-state index contributed by atoms with van der Waals surface area (Å²) < 4.78 is 93.3. The Hall–Kier alpha value is -10.7. The van der Waals surface area contributed by atoms with Crippen LogP contribution in [-0.4, -0.2) is 54.2 Å². The number of rotatable bonds is 12. The Bertz CT molecular complexity index is 4240. The lowest BCUT2D eigenvalue weighted by atomic mass is 10.2. The van der Waals surface area contributed by atoms with Crippen molar-refractivity contribution >= 4 is 139 Å². The minimum absolute atomic E-state index is 0.500. The normalized spacial score (nSPS) is 9.58.